The van der Waals surface area contributed by atoms with Crippen molar-refractivity contribution in [1.82, 2.24) is 0 Å². The molecular formula is C28H29FO4. The van der Waals surface area contributed by atoms with Crippen LogP contribution in [0.1, 0.15) is 48.9 Å². The third kappa shape index (κ3) is 4.79. The summed E-state index contributed by atoms with van der Waals surface area (Å²) in [5.74, 6) is 0.109. The fraction of sp³-hybridized carbons (Fsp3) is 0.321. The molecule has 1 heterocycles. The summed E-state index contributed by atoms with van der Waals surface area (Å²) in [4.78, 5) is 11.8. The molecular weight excluding hydrogens is 419 g/mol. The lowest BCUT2D eigenvalue weighted by Crippen LogP contribution is -2.31. The number of aliphatic hydroxyl groups is 1. The third-order valence-corrected chi connectivity index (χ3v) is 6.28. The van der Waals surface area contributed by atoms with Gasteiger partial charge in [0.25, 0.3) is 0 Å². The molecule has 0 amide bonds. The van der Waals surface area contributed by atoms with Gasteiger partial charge in [0.15, 0.2) is 0 Å². The van der Waals surface area contributed by atoms with Crippen molar-refractivity contribution in [2.45, 2.75) is 45.8 Å². The topological polar surface area (TPSA) is 55.8 Å². The largest absolute Gasteiger partial charge is 0.497 e. The Balaban J connectivity index is 1.93. The Morgan fingerprint density at radius 3 is 2.70 bits per heavy atom. The minimum absolute atomic E-state index is 0.0244. The number of cyclic esters (lactones) is 1. The van der Waals surface area contributed by atoms with Gasteiger partial charge >= 0.3 is 5.97 Å². The number of rotatable bonds is 4. The maximum atomic E-state index is 14.1. The minimum atomic E-state index is -0.704. The number of allylic oxidation sites excluding steroid dienone is 3. The van der Waals surface area contributed by atoms with E-state index in [0.29, 0.717) is 12.0 Å². The highest BCUT2D eigenvalue weighted by Gasteiger charge is 2.29. The highest BCUT2D eigenvalue weighted by Crippen LogP contribution is 2.44. The molecule has 4 nitrogen and oxygen atoms in total. The number of aliphatic hydroxyl groups excluding tert-OH is 1. The van der Waals surface area contributed by atoms with Crippen LogP contribution in [0.15, 0.2) is 60.2 Å². The van der Waals surface area contributed by atoms with Crippen molar-refractivity contribution in [3.63, 3.8) is 0 Å². The van der Waals surface area contributed by atoms with Gasteiger partial charge in [-0.25, -0.2) is 4.39 Å². The van der Waals surface area contributed by atoms with E-state index in [1.807, 2.05) is 36.4 Å². The van der Waals surface area contributed by atoms with Gasteiger partial charge in [0, 0.05) is 11.8 Å². The number of halogens is 1. The van der Waals surface area contributed by atoms with Crippen LogP contribution in [0.25, 0.3) is 11.6 Å². The second-order valence-corrected chi connectivity index (χ2v) is 9.24. The molecule has 5 heteroatoms. The summed E-state index contributed by atoms with van der Waals surface area (Å²) in [6, 6.07) is 11.1. The number of carbonyl (C=O) groups excluding carboxylic acids is 1. The van der Waals surface area contributed by atoms with Crippen LogP contribution in [0.4, 0.5) is 4.39 Å². The number of hydrogen-bond donors (Lipinski definition) is 1. The summed E-state index contributed by atoms with van der Waals surface area (Å²) in [5.41, 5.74) is 5.08. The fourth-order valence-electron chi connectivity index (χ4n) is 4.43. The number of ether oxygens (including phenoxy) is 2. The molecule has 0 saturated carbocycles. The van der Waals surface area contributed by atoms with E-state index in [1.54, 1.807) is 20.1 Å². The van der Waals surface area contributed by atoms with Crippen molar-refractivity contribution < 1.29 is 23.8 Å². The Morgan fingerprint density at radius 1 is 1.21 bits per heavy atom. The van der Waals surface area contributed by atoms with Crippen molar-refractivity contribution in [1.29, 1.82) is 0 Å². The van der Waals surface area contributed by atoms with Crippen LogP contribution in [-0.2, 0) is 9.53 Å². The average Bonchev–Trinajstić information content (AvgIpc) is 2.87. The predicted octanol–water partition coefficient (Wildman–Crippen LogP) is 5.62. The maximum Gasteiger partial charge on any atom is 0.309 e. The van der Waals surface area contributed by atoms with Gasteiger partial charge in [0.05, 0.1) is 19.6 Å². The van der Waals surface area contributed by atoms with Crippen LogP contribution < -0.4 is 4.74 Å². The van der Waals surface area contributed by atoms with Gasteiger partial charge in [-0.1, -0.05) is 44.2 Å². The molecule has 33 heavy (non-hydrogen) atoms. The zero-order valence-electron chi connectivity index (χ0n) is 19.4. The van der Waals surface area contributed by atoms with Crippen molar-refractivity contribution in [2.75, 3.05) is 7.11 Å². The lowest BCUT2D eigenvalue weighted by molar-refractivity contribution is -0.156. The smallest absolute Gasteiger partial charge is 0.309 e. The van der Waals surface area contributed by atoms with Crippen LogP contribution in [-0.4, -0.2) is 30.4 Å². The van der Waals surface area contributed by atoms with Crippen molar-refractivity contribution in [3.05, 3.63) is 88.3 Å². The summed E-state index contributed by atoms with van der Waals surface area (Å²) in [6.07, 6.45) is 7.23. The van der Waals surface area contributed by atoms with Gasteiger partial charge in [-0.15, -0.1) is 0 Å². The number of aryl methyl sites for hydroxylation is 1. The summed E-state index contributed by atoms with van der Waals surface area (Å²) >= 11 is 0. The molecule has 1 aliphatic carbocycles. The van der Waals surface area contributed by atoms with Gasteiger partial charge in [-0.05, 0) is 70.7 Å². The molecule has 0 aromatic heterocycles. The number of hydrogen-bond acceptors (Lipinski definition) is 4. The molecule has 1 saturated heterocycles. The van der Waals surface area contributed by atoms with Crippen molar-refractivity contribution in [3.8, 4) is 5.75 Å². The third-order valence-electron chi connectivity index (χ3n) is 6.28. The zero-order valence-corrected chi connectivity index (χ0v) is 19.4. The highest BCUT2D eigenvalue weighted by molar-refractivity contribution is 5.90. The van der Waals surface area contributed by atoms with Gasteiger partial charge in [0.2, 0.25) is 0 Å². The van der Waals surface area contributed by atoms with E-state index < -0.39 is 18.2 Å². The molecule has 2 aromatic rings. The number of benzene rings is 2. The average molecular weight is 449 g/mol. The van der Waals surface area contributed by atoms with Gasteiger partial charge in [-0.3, -0.25) is 4.79 Å². The number of fused-ring (bicyclic) bond motifs is 1. The number of methoxy groups -OCH3 is 1. The van der Waals surface area contributed by atoms with Crippen molar-refractivity contribution in [2.24, 2.45) is 5.41 Å². The Labute approximate surface area is 194 Å². The molecule has 0 bridgehead atoms. The molecule has 1 N–H and O–H groups in total. The van der Waals surface area contributed by atoms with E-state index in [0.717, 1.165) is 33.6 Å². The molecule has 1 aliphatic heterocycles. The lowest BCUT2D eigenvalue weighted by atomic mass is 9.78. The molecule has 172 valence electrons. The minimum Gasteiger partial charge on any atom is -0.497 e. The van der Waals surface area contributed by atoms with E-state index in [2.05, 4.69) is 26.0 Å². The monoisotopic (exact) mass is 448 g/mol. The standard InChI is InChI=1S/C28H29FO4/c1-17-13-19(5-10-25(17)29)27-23-8-6-21(32-4)14-18(23)11-12-28(2,3)24(27)9-7-22-15-20(30)16-26(31)33-22/h5-14,20,22,30H,15-16H2,1-4H3/t20-,22-/m0/s1. The quantitative estimate of drug-likeness (QED) is 0.617. The predicted molar refractivity (Wildman–Crippen MR) is 127 cm³/mol. The van der Waals surface area contributed by atoms with E-state index in [9.17, 15) is 14.3 Å². The molecule has 2 atom stereocenters. The summed E-state index contributed by atoms with van der Waals surface area (Å²) in [6.45, 7) is 5.99. The molecule has 1 fully saturated rings. The van der Waals surface area contributed by atoms with Crippen LogP contribution in [0.2, 0.25) is 0 Å². The molecule has 2 aromatic carbocycles. The van der Waals surface area contributed by atoms with Gasteiger partial charge < -0.3 is 14.6 Å². The van der Waals surface area contributed by atoms with E-state index in [1.165, 1.54) is 6.07 Å². The normalized spacial score (nSPS) is 22.2. The van der Waals surface area contributed by atoms with Crippen LogP contribution in [0.5, 0.6) is 5.75 Å². The van der Waals surface area contributed by atoms with Gasteiger partial charge in [-0.2, -0.15) is 0 Å². The van der Waals surface area contributed by atoms with E-state index in [-0.39, 0.29) is 17.7 Å². The second-order valence-electron chi connectivity index (χ2n) is 9.24. The Bertz CT molecular complexity index is 1170. The van der Waals surface area contributed by atoms with Crippen molar-refractivity contribution >= 4 is 17.6 Å². The van der Waals surface area contributed by atoms with Gasteiger partial charge in [0.1, 0.15) is 17.7 Å². The van der Waals surface area contributed by atoms with Crippen LogP contribution in [0.3, 0.4) is 0 Å². The molecule has 0 spiro atoms. The molecule has 0 unspecified atom stereocenters. The van der Waals surface area contributed by atoms with E-state index in [4.69, 9.17) is 9.47 Å². The number of esters is 1. The Morgan fingerprint density at radius 2 is 2.00 bits per heavy atom. The molecule has 4 rings (SSSR count). The lowest BCUT2D eigenvalue weighted by Gasteiger charge is -2.27. The van der Waals surface area contributed by atoms with Crippen LogP contribution in [0, 0.1) is 18.2 Å². The van der Waals surface area contributed by atoms with Crippen LogP contribution >= 0.6 is 0 Å². The zero-order chi connectivity index (χ0) is 23.8. The SMILES string of the molecule is COc1ccc2c(c1)C=CC(C)(C)C(C=C[C@H]1C[C@H](O)CC(=O)O1)=C2c1ccc(F)c(C)c1. The summed E-state index contributed by atoms with van der Waals surface area (Å²) in [5, 5.41) is 10.00. The molecule has 2 aliphatic rings. The Hall–Kier alpha value is -3.18. The molecule has 0 radical (unpaired) electrons. The first kappa shape index (κ1) is 23.0. The Kier molecular flexibility index (Phi) is 6.26. The number of carbonyl (C=O) groups is 1. The first-order valence-corrected chi connectivity index (χ1v) is 11.1. The summed E-state index contributed by atoms with van der Waals surface area (Å²) < 4.78 is 25.0. The summed E-state index contributed by atoms with van der Waals surface area (Å²) in [7, 11) is 1.64. The first-order chi connectivity index (χ1) is 15.7. The maximum absolute atomic E-state index is 14.1. The second kappa shape index (κ2) is 8.99. The highest BCUT2D eigenvalue weighted by atomic mass is 19.1. The fourth-order valence-corrected chi connectivity index (χ4v) is 4.43. The van der Waals surface area contributed by atoms with E-state index >= 15 is 0 Å². The first-order valence-electron chi connectivity index (χ1n) is 11.1.